The minimum Gasteiger partial charge on any atom is -0.464 e. The molecule has 1 aromatic carbocycles. The molecule has 2 unspecified atom stereocenters. The number of hydrogen-bond acceptors (Lipinski definition) is 3. The van der Waals surface area contributed by atoms with E-state index in [2.05, 4.69) is 5.32 Å². The van der Waals surface area contributed by atoms with Crippen LogP contribution in [-0.4, -0.2) is 24.5 Å². The van der Waals surface area contributed by atoms with Crippen LogP contribution in [0.3, 0.4) is 0 Å². The number of benzene rings is 1. The molecule has 1 N–H and O–H groups in total. The van der Waals surface area contributed by atoms with E-state index in [1.165, 1.54) is 0 Å². The fourth-order valence-electron chi connectivity index (χ4n) is 2.45. The van der Waals surface area contributed by atoms with Gasteiger partial charge in [0.15, 0.2) is 0 Å². The van der Waals surface area contributed by atoms with E-state index in [1.807, 2.05) is 19.1 Å². The highest BCUT2D eigenvalue weighted by molar-refractivity contribution is 6.30. The molecule has 0 spiro atoms. The van der Waals surface area contributed by atoms with E-state index in [9.17, 15) is 9.59 Å². The average molecular weight is 282 g/mol. The van der Waals surface area contributed by atoms with Gasteiger partial charge in [-0.3, -0.25) is 4.79 Å². The maximum atomic E-state index is 11.9. The minimum atomic E-state index is -0.604. The molecule has 1 aliphatic rings. The Labute approximate surface area is 117 Å². The van der Waals surface area contributed by atoms with Gasteiger partial charge in [-0.05, 0) is 37.1 Å². The molecule has 1 fully saturated rings. The van der Waals surface area contributed by atoms with Crippen molar-refractivity contribution in [1.82, 2.24) is 5.32 Å². The zero-order valence-corrected chi connectivity index (χ0v) is 11.7. The summed E-state index contributed by atoms with van der Waals surface area (Å²) in [5, 5.41) is 3.33. The van der Waals surface area contributed by atoms with Crippen molar-refractivity contribution in [3.63, 3.8) is 0 Å². The summed E-state index contributed by atoms with van der Waals surface area (Å²) in [5.74, 6) is -0.700. The molecule has 0 aromatic heterocycles. The maximum Gasteiger partial charge on any atom is 0.329 e. The summed E-state index contributed by atoms with van der Waals surface area (Å²) in [7, 11) is 0. The smallest absolute Gasteiger partial charge is 0.329 e. The molecular formula is C14H16ClNO3. The van der Waals surface area contributed by atoms with Crippen molar-refractivity contribution in [1.29, 1.82) is 0 Å². The van der Waals surface area contributed by atoms with Gasteiger partial charge in [-0.2, -0.15) is 0 Å². The Balaban J connectivity index is 2.30. The number of esters is 1. The molecule has 1 aliphatic heterocycles. The highest BCUT2D eigenvalue weighted by Gasteiger charge is 2.39. The van der Waals surface area contributed by atoms with E-state index in [1.54, 1.807) is 13.0 Å². The number of ether oxygens (including phenoxy) is 1. The van der Waals surface area contributed by atoms with Crippen LogP contribution in [0, 0.1) is 6.92 Å². The van der Waals surface area contributed by atoms with Gasteiger partial charge in [-0.15, -0.1) is 0 Å². The van der Waals surface area contributed by atoms with Gasteiger partial charge >= 0.3 is 5.97 Å². The molecule has 4 nitrogen and oxygen atoms in total. The van der Waals surface area contributed by atoms with E-state index in [-0.39, 0.29) is 17.8 Å². The monoisotopic (exact) mass is 281 g/mol. The second kappa shape index (κ2) is 5.61. The molecule has 2 rings (SSSR count). The third-order valence-electron chi connectivity index (χ3n) is 3.30. The summed E-state index contributed by atoms with van der Waals surface area (Å²) in [6, 6.07) is 4.87. The Hall–Kier alpha value is -1.55. The molecule has 1 saturated heterocycles. The van der Waals surface area contributed by atoms with Gasteiger partial charge in [0.05, 0.1) is 6.61 Å². The Morgan fingerprint density at radius 1 is 1.53 bits per heavy atom. The predicted octanol–water partition coefficient (Wildman–Crippen LogP) is 2.18. The van der Waals surface area contributed by atoms with Crippen LogP contribution >= 0.6 is 11.6 Å². The molecule has 0 radical (unpaired) electrons. The number of nitrogens with one attached hydrogen (secondary N) is 1. The first-order chi connectivity index (χ1) is 9.02. The first-order valence-corrected chi connectivity index (χ1v) is 6.62. The van der Waals surface area contributed by atoms with Gasteiger partial charge in [0, 0.05) is 17.4 Å². The molecule has 5 heteroatoms. The highest BCUT2D eigenvalue weighted by atomic mass is 35.5. The molecule has 102 valence electrons. The summed E-state index contributed by atoms with van der Waals surface area (Å²) < 4.78 is 5.01. The van der Waals surface area contributed by atoms with Crippen molar-refractivity contribution in [3.8, 4) is 0 Å². The lowest BCUT2D eigenvalue weighted by atomic mass is 9.89. The third kappa shape index (κ3) is 2.89. The maximum absolute atomic E-state index is 11.9. The Morgan fingerprint density at radius 2 is 2.26 bits per heavy atom. The van der Waals surface area contributed by atoms with E-state index in [0.29, 0.717) is 18.1 Å². The third-order valence-corrected chi connectivity index (χ3v) is 3.53. The van der Waals surface area contributed by atoms with E-state index < -0.39 is 6.04 Å². The van der Waals surface area contributed by atoms with Crippen LogP contribution in [0.5, 0.6) is 0 Å². The van der Waals surface area contributed by atoms with Gasteiger partial charge in [0.1, 0.15) is 6.04 Å². The number of carbonyl (C=O) groups is 2. The molecule has 0 saturated carbocycles. The topological polar surface area (TPSA) is 55.4 Å². The lowest BCUT2D eigenvalue weighted by Crippen LogP contribution is -2.37. The quantitative estimate of drug-likeness (QED) is 0.864. The van der Waals surface area contributed by atoms with Gasteiger partial charge in [-0.25, -0.2) is 4.79 Å². The lowest BCUT2D eigenvalue weighted by Gasteiger charge is -2.19. The second-order valence-electron chi connectivity index (χ2n) is 4.61. The van der Waals surface area contributed by atoms with Crippen LogP contribution in [0.4, 0.5) is 0 Å². The van der Waals surface area contributed by atoms with E-state index in [4.69, 9.17) is 16.3 Å². The summed E-state index contributed by atoms with van der Waals surface area (Å²) >= 11 is 5.93. The fraction of sp³-hybridized carbons (Fsp3) is 0.429. The van der Waals surface area contributed by atoms with E-state index >= 15 is 0 Å². The van der Waals surface area contributed by atoms with Crippen molar-refractivity contribution in [2.24, 2.45) is 0 Å². The van der Waals surface area contributed by atoms with Crippen LogP contribution in [-0.2, 0) is 14.3 Å². The van der Waals surface area contributed by atoms with Crippen LogP contribution in [0.2, 0.25) is 5.02 Å². The zero-order chi connectivity index (χ0) is 14.0. The summed E-state index contributed by atoms with van der Waals surface area (Å²) in [5.41, 5.74) is 1.93. The SMILES string of the molecule is CCOC(=O)C1NC(=O)CC1c1ccc(Cl)cc1C. The molecule has 19 heavy (non-hydrogen) atoms. The van der Waals surface area contributed by atoms with Crippen LogP contribution < -0.4 is 5.32 Å². The van der Waals surface area contributed by atoms with Crippen molar-refractivity contribution < 1.29 is 14.3 Å². The molecule has 0 bridgehead atoms. The number of carbonyl (C=O) groups excluding carboxylic acids is 2. The second-order valence-corrected chi connectivity index (χ2v) is 5.05. The van der Waals surface area contributed by atoms with Crippen LogP contribution in [0.25, 0.3) is 0 Å². The first-order valence-electron chi connectivity index (χ1n) is 6.25. The standard InChI is InChI=1S/C14H16ClNO3/c1-3-19-14(18)13-11(7-12(17)16-13)10-5-4-9(15)6-8(10)2/h4-6,11,13H,3,7H2,1-2H3,(H,16,17). The van der Waals surface area contributed by atoms with Crippen molar-refractivity contribution in [3.05, 3.63) is 34.3 Å². The van der Waals surface area contributed by atoms with Gasteiger partial charge in [0.25, 0.3) is 0 Å². The number of hydrogen-bond donors (Lipinski definition) is 1. The predicted molar refractivity (Wildman–Crippen MR) is 72.1 cm³/mol. The lowest BCUT2D eigenvalue weighted by molar-refractivity contribution is -0.146. The summed E-state index contributed by atoms with van der Waals surface area (Å²) in [6.07, 6.45) is 0.298. The van der Waals surface area contributed by atoms with Gasteiger partial charge < -0.3 is 10.1 Å². The molecule has 1 aromatic rings. The van der Waals surface area contributed by atoms with Crippen LogP contribution in [0.1, 0.15) is 30.4 Å². The largest absolute Gasteiger partial charge is 0.464 e. The van der Waals surface area contributed by atoms with Gasteiger partial charge in [0.2, 0.25) is 5.91 Å². The van der Waals surface area contributed by atoms with Gasteiger partial charge in [-0.1, -0.05) is 17.7 Å². The van der Waals surface area contributed by atoms with Crippen molar-refractivity contribution in [2.45, 2.75) is 32.2 Å². The number of halogens is 1. The zero-order valence-electron chi connectivity index (χ0n) is 10.9. The molecule has 1 heterocycles. The molecule has 0 aliphatic carbocycles. The summed E-state index contributed by atoms with van der Waals surface area (Å²) in [4.78, 5) is 23.5. The molecule has 1 amide bonds. The van der Waals surface area contributed by atoms with Crippen LogP contribution in [0.15, 0.2) is 18.2 Å². The van der Waals surface area contributed by atoms with Crippen molar-refractivity contribution >= 4 is 23.5 Å². The number of rotatable bonds is 3. The minimum absolute atomic E-state index is 0.127. The molecular weight excluding hydrogens is 266 g/mol. The molecule has 2 atom stereocenters. The highest BCUT2D eigenvalue weighted by Crippen LogP contribution is 2.32. The number of amides is 1. The normalized spacial score (nSPS) is 22.2. The fourth-order valence-corrected chi connectivity index (χ4v) is 2.68. The summed E-state index contributed by atoms with van der Waals surface area (Å²) in [6.45, 7) is 3.97. The Bertz CT molecular complexity index is 515. The number of aryl methyl sites for hydroxylation is 1. The Kier molecular flexibility index (Phi) is 4.10. The van der Waals surface area contributed by atoms with E-state index in [0.717, 1.165) is 11.1 Å². The average Bonchev–Trinajstić information content (AvgIpc) is 2.71. The first kappa shape index (κ1) is 13.9. The Morgan fingerprint density at radius 3 is 2.89 bits per heavy atom. The van der Waals surface area contributed by atoms with Crippen molar-refractivity contribution in [2.75, 3.05) is 6.61 Å².